The molecule has 1 heteroatoms. The van der Waals surface area contributed by atoms with Gasteiger partial charge in [0.1, 0.15) is 0 Å². The van der Waals surface area contributed by atoms with Crippen LogP contribution in [-0.2, 0) is 0 Å². The molecule has 0 heterocycles. The van der Waals surface area contributed by atoms with Gasteiger partial charge < -0.3 is 5.32 Å². The third kappa shape index (κ3) is 2.17. The van der Waals surface area contributed by atoms with Crippen molar-refractivity contribution in [1.29, 1.82) is 0 Å². The zero-order valence-electron chi connectivity index (χ0n) is 10.2. The Bertz CT molecular complexity index is 443. The number of hydrogen-bond acceptors (Lipinski definition) is 1. The van der Waals surface area contributed by atoms with Crippen molar-refractivity contribution >= 4 is 5.69 Å². The highest BCUT2D eigenvalue weighted by atomic mass is 14.9. The summed E-state index contributed by atoms with van der Waals surface area (Å²) in [5, 5.41) is 3.55. The van der Waals surface area contributed by atoms with Gasteiger partial charge in [0.2, 0.25) is 0 Å². The van der Waals surface area contributed by atoms with Crippen molar-refractivity contribution in [2.45, 2.75) is 25.7 Å². The normalized spacial score (nSPS) is 30.2. The average Bonchev–Trinajstić information content (AvgIpc) is 2.99. The van der Waals surface area contributed by atoms with E-state index in [1.165, 1.54) is 31.4 Å². The molecule has 1 aromatic carbocycles. The van der Waals surface area contributed by atoms with E-state index in [0.717, 1.165) is 29.9 Å². The lowest BCUT2D eigenvalue weighted by atomic mass is 9.89. The molecule has 2 saturated carbocycles. The lowest BCUT2D eigenvalue weighted by molar-refractivity contribution is 0.348. The summed E-state index contributed by atoms with van der Waals surface area (Å²) in [4.78, 5) is 0. The fourth-order valence-electron chi connectivity index (χ4n) is 3.59. The number of rotatable bonds is 3. The maximum atomic E-state index is 5.41. The van der Waals surface area contributed by atoms with E-state index in [4.69, 9.17) is 6.42 Å². The molecule has 1 aromatic rings. The predicted molar refractivity (Wildman–Crippen MR) is 71.8 cm³/mol. The summed E-state index contributed by atoms with van der Waals surface area (Å²) >= 11 is 0. The van der Waals surface area contributed by atoms with Crippen LogP contribution >= 0.6 is 0 Å². The maximum Gasteiger partial charge on any atom is 0.0352 e. The Morgan fingerprint density at radius 1 is 1.29 bits per heavy atom. The summed E-state index contributed by atoms with van der Waals surface area (Å²) in [5.41, 5.74) is 2.13. The summed E-state index contributed by atoms with van der Waals surface area (Å²) in [6.45, 7) is 1.12. The predicted octanol–water partition coefficient (Wildman–Crippen LogP) is 3.52. The molecule has 1 N–H and O–H groups in total. The van der Waals surface area contributed by atoms with Crippen molar-refractivity contribution in [1.82, 2.24) is 0 Å². The van der Waals surface area contributed by atoms with Crippen LogP contribution in [0.15, 0.2) is 24.3 Å². The molecule has 17 heavy (non-hydrogen) atoms. The molecule has 88 valence electrons. The van der Waals surface area contributed by atoms with Gasteiger partial charge in [0.25, 0.3) is 0 Å². The molecule has 2 fully saturated rings. The highest BCUT2D eigenvalue weighted by molar-refractivity contribution is 5.49. The maximum absolute atomic E-state index is 5.41. The Morgan fingerprint density at radius 2 is 2.24 bits per heavy atom. The molecule has 0 aliphatic heterocycles. The van der Waals surface area contributed by atoms with Gasteiger partial charge in [-0.3, -0.25) is 0 Å². The third-order valence-corrected chi connectivity index (χ3v) is 4.48. The van der Waals surface area contributed by atoms with Crippen molar-refractivity contribution < 1.29 is 0 Å². The molecule has 0 amide bonds. The number of hydrogen-bond donors (Lipinski definition) is 1. The van der Waals surface area contributed by atoms with E-state index in [1.54, 1.807) is 0 Å². The van der Waals surface area contributed by atoms with Crippen LogP contribution < -0.4 is 5.32 Å². The molecule has 0 radical (unpaired) electrons. The Labute approximate surface area is 104 Å². The molecule has 2 aliphatic rings. The Morgan fingerprint density at radius 3 is 2.94 bits per heavy atom. The smallest absolute Gasteiger partial charge is 0.0352 e. The molecule has 0 aromatic heterocycles. The SMILES string of the molecule is C#Cc1cccc(NCC2CC3CCC2C3)c1. The van der Waals surface area contributed by atoms with E-state index in [1.807, 2.05) is 12.1 Å². The van der Waals surface area contributed by atoms with Crippen LogP contribution in [0.25, 0.3) is 0 Å². The fraction of sp³-hybridized carbons (Fsp3) is 0.500. The second kappa shape index (κ2) is 4.45. The summed E-state index contributed by atoms with van der Waals surface area (Å²) in [6, 6.07) is 8.17. The Kier molecular flexibility index (Phi) is 2.81. The lowest BCUT2D eigenvalue weighted by Crippen LogP contribution is -2.20. The first-order chi connectivity index (χ1) is 8.35. The molecular weight excluding hydrogens is 206 g/mol. The van der Waals surface area contributed by atoms with Gasteiger partial charge in [-0.25, -0.2) is 0 Å². The molecule has 3 atom stereocenters. The van der Waals surface area contributed by atoms with E-state index in [9.17, 15) is 0 Å². The summed E-state index contributed by atoms with van der Waals surface area (Å²) < 4.78 is 0. The van der Waals surface area contributed by atoms with Gasteiger partial charge in [0.05, 0.1) is 0 Å². The minimum absolute atomic E-state index is 0.892. The number of anilines is 1. The zero-order valence-corrected chi connectivity index (χ0v) is 10.2. The largest absolute Gasteiger partial charge is 0.385 e. The molecule has 0 spiro atoms. The Hall–Kier alpha value is -1.42. The highest BCUT2D eigenvalue weighted by Gasteiger charge is 2.38. The third-order valence-electron chi connectivity index (χ3n) is 4.48. The van der Waals surface area contributed by atoms with Crippen molar-refractivity contribution in [3.8, 4) is 12.3 Å². The fourth-order valence-corrected chi connectivity index (χ4v) is 3.59. The second-order valence-corrected chi connectivity index (χ2v) is 5.54. The monoisotopic (exact) mass is 225 g/mol. The molecule has 2 bridgehead atoms. The van der Waals surface area contributed by atoms with Crippen molar-refractivity contribution in [3.63, 3.8) is 0 Å². The first kappa shape index (κ1) is 10.7. The molecule has 3 unspecified atom stereocenters. The van der Waals surface area contributed by atoms with Crippen LogP contribution in [0.5, 0.6) is 0 Å². The van der Waals surface area contributed by atoms with Crippen molar-refractivity contribution in [2.75, 3.05) is 11.9 Å². The lowest BCUT2D eigenvalue weighted by Gasteiger charge is -2.22. The van der Waals surface area contributed by atoms with Gasteiger partial charge in [-0.1, -0.05) is 18.4 Å². The summed E-state index contributed by atoms with van der Waals surface area (Å²) in [5.74, 6) is 5.59. The number of terminal acetylenes is 1. The van der Waals surface area contributed by atoms with Crippen LogP contribution in [-0.4, -0.2) is 6.54 Å². The standard InChI is InChI=1S/C16H19N/c1-2-12-4-3-5-16(10-12)17-11-15-9-13-6-7-14(15)8-13/h1,3-5,10,13-15,17H,6-9,11H2. The molecule has 3 rings (SSSR count). The van der Waals surface area contributed by atoms with Crippen molar-refractivity contribution in [3.05, 3.63) is 29.8 Å². The van der Waals surface area contributed by atoms with Crippen LogP contribution in [0.3, 0.4) is 0 Å². The van der Waals surface area contributed by atoms with Crippen LogP contribution in [0.1, 0.15) is 31.2 Å². The number of fused-ring (bicyclic) bond motifs is 2. The first-order valence-corrected chi connectivity index (χ1v) is 6.65. The van der Waals surface area contributed by atoms with Gasteiger partial charge >= 0.3 is 0 Å². The van der Waals surface area contributed by atoms with Gasteiger partial charge in [-0.15, -0.1) is 6.42 Å². The molecular formula is C16H19N. The summed E-state index contributed by atoms with van der Waals surface area (Å²) in [7, 11) is 0. The quantitative estimate of drug-likeness (QED) is 0.776. The first-order valence-electron chi connectivity index (χ1n) is 6.65. The van der Waals surface area contributed by atoms with Crippen molar-refractivity contribution in [2.24, 2.45) is 17.8 Å². The van der Waals surface area contributed by atoms with Gasteiger partial charge in [-0.05, 0) is 55.2 Å². The highest BCUT2D eigenvalue weighted by Crippen LogP contribution is 2.48. The molecule has 2 aliphatic carbocycles. The average molecular weight is 225 g/mol. The van der Waals surface area contributed by atoms with E-state index in [-0.39, 0.29) is 0 Å². The topological polar surface area (TPSA) is 12.0 Å². The van der Waals surface area contributed by atoms with E-state index >= 15 is 0 Å². The second-order valence-electron chi connectivity index (χ2n) is 5.54. The van der Waals surface area contributed by atoms with E-state index < -0.39 is 0 Å². The van der Waals surface area contributed by atoms with Crippen LogP contribution in [0.2, 0.25) is 0 Å². The summed E-state index contributed by atoms with van der Waals surface area (Å²) in [6.07, 6.45) is 11.3. The van der Waals surface area contributed by atoms with E-state index in [0.29, 0.717) is 0 Å². The zero-order chi connectivity index (χ0) is 11.7. The molecule has 1 nitrogen and oxygen atoms in total. The number of nitrogens with one attached hydrogen (secondary N) is 1. The van der Waals surface area contributed by atoms with Gasteiger partial charge in [0.15, 0.2) is 0 Å². The van der Waals surface area contributed by atoms with Gasteiger partial charge in [-0.2, -0.15) is 0 Å². The van der Waals surface area contributed by atoms with Gasteiger partial charge in [0, 0.05) is 17.8 Å². The Balaban J connectivity index is 1.59. The van der Waals surface area contributed by atoms with E-state index in [2.05, 4.69) is 23.4 Å². The number of benzene rings is 1. The molecule has 0 saturated heterocycles. The minimum Gasteiger partial charge on any atom is -0.385 e. The minimum atomic E-state index is 0.892. The van der Waals surface area contributed by atoms with Crippen LogP contribution in [0, 0.1) is 30.1 Å². The van der Waals surface area contributed by atoms with Crippen LogP contribution in [0.4, 0.5) is 5.69 Å².